The number of aromatic nitrogens is 1. The Morgan fingerprint density at radius 3 is 2.25 bits per heavy atom. The van der Waals surface area contributed by atoms with E-state index in [-0.39, 0.29) is 16.3 Å². The fraction of sp³-hybridized carbons (Fsp3) is 0.280. The van der Waals surface area contributed by atoms with Gasteiger partial charge in [-0.2, -0.15) is 0 Å². The number of carbonyl (C=O) groups excluding carboxylic acids is 1. The molecule has 0 radical (unpaired) electrons. The zero-order chi connectivity index (χ0) is 22.3. The molecule has 1 fully saturated rings. The van der Waals surface area contributed by atoms with Gasteiger partial charge in [-0.15, -0.1) is 0 Å². The van der Waals surface area contributed by atoms with Gasteiger partial charge in [0.2, 0.25) is 0 Å². The van der Waals surface area contributed by atoms with Crippen LogP contribution in [0.5, 0.6) is 0 Å². The zero-order valence-corrected chi connectivity index (χ0v) is 19.2. The Hall–Kier alpha value is -2.60. The Labute approximate surface area is 198 Å². The molecular weight excluding hydrogens is 443 g/mol. The number of piperidine rings is 1. The SMILES string of the molecule is O=C(Nc1cc(Cl)nc(Cl)c1)N(Cc1ccc(-c2ccccc2)cc1)CC1CCNCC1. The molecule has 7 heteroatoms. The van der Waals surface area contributed by atoms with Crippen molar-refractivity contribution in [1.29, 1.82) is 0 Å². The molecule has 0 spiro atoms. The van der Waals surface area contributed by atoms with E-state index in [1.807, 2.05) is 23.1 Å². The maximum Gasteiger partial charge on any atom is 0.322 e. The van der Waals surface area contributed by atoms with E-state index in [1.165, 1.54) is 5.56 Å². The molecule has 0 atom stereocenters. The number of benzene rings is 2. The van der Waals surface area contributed by atoms with Gasteiger partial charge >= 0.3 is 6.03 Å². The van der Waals surface area contributed by atoms with Crippen LogP contribution in [0.15, 0.2) is 66.7 Å². The molecule has 4 rings (SSSR count). The quantitative estimate of drug-likeness (QED) is 0.430. The van der Waals surface area contributed by atoms with Crippen LogP contribution < -0.4 is 10.6 Å². The normalized spacial score (nSPS) is 14.2. The lowest BCUT2D eigenvalue weighted by atomic mass is 9.97. The number of pyridine rings is 1. The number of carbonyl (C=O) groups is 1. The molecule has 1 aromatic heterocycles. The topological polar surface area (TPSA) is 57.3 Å². The molecule has 5 nitrogen and oxygen atoms in total. The van der Waals surface area contributed by atoms with E-state index in [2.05, 4.69) is 52.0 Å². The molecule has 1 aliphatic heterocycles. The van der Waals surface area contributed by atoms with Gasteiger partial charge < -0.3 is 15.5 Å². The fourth-order valence-electron chi connectivity index (χ4n) is 3.99. The largest absolute Gasteiger partial charge is 0.322 e. The predicted molar refractivity (Wildman–Crippen MR) is 131 cm³/mol. The third-order valence-electron chi connectivity index (χ3n) is 5.67. The Bertz CT molecular complexity index is 1020. The summed E-state index contributed by atoms with van der Waals surface area (Å²) in [6.07, 6.45) is 2.12. The zero-order valence-electron chi connectivity index (χ0n) is 17.7. The highest BCUT2D eigenvalue weighted by atomic mass is 35.5. The van der Waals surface area contributed by atoms with Gasteiger partial charge in [0.25, 0.3) is 0 Å². The summed E-state index contributed by atoms with van der Waals surface area (Å²) in [4.78, 5) is 19.0. The Balaban J connectivity index is 1.50. The lowest BCUT2D eigenvalue weighted by molar-refractivity contribution is 0.189. The molecule has 0 saturated carbocycles. The molecule has 1 saturated heterocycles. The lowest BCUT2D eigenvalue weighted by Gasteiger charge is -2.30. The van der Waals surface area contributed by atoms with Crippen molar-refractivity contribution in [1.82, 2.24) is 15.2 Å². The Morgan fingerprint density at radius 1 is 0.969 bits per heavy atom. The van der Waals surface area contributed by atoms with Gasteiger partial charge in [0.05, 0.1) is 0 Å². The van der Waals surface area contributed by atoms with E-state index in [9.17, 15) is 4.79 Å². The number of nitrogens with zero attached hydrogens (tertiary/aromatic N) is 2. The van der Waals surface area contributed by atoms with Gasteiger partial charge in [0, 0.05) is 18.8 Å². The summed E-state index contributed by atoms with van der Waals surface area (Å²) < 4.78 is 0. The smallest absolute Gasteiger partial charge is 0.320 e. The summed E-state index contributed by atoms with van der Waals surface area (Å²) in [5, 5.41) is 6.81. The molecule has 2 N–H and O–H groups in total. The van der Waals surface area contributed by atoms with E-state index in [0.717, 1.165) is 37.1 Å². The highest BCUT2D eigenvalue weighted by molar-refractivity contribution is 6.32. The first-order valence-corrected chi connectivity index (χ1v) is 11.6. The van der Waals surface area contributed by atoms with Gasteiger partial charge in [-0.25, -0.2) is 9.78 Å². The molecule has 0 unspecified atom stereocenters. The van der Waals surface area contributed by atoms with Crippen molar-refractivity contribution in [3.05, 3.63) is 82.6 Å². The summed E-state index contributed by atoms with van der Waals surface area (Å²) in [6, 6.07) is 21.7. The first kappa shape index (κ1) is 22.6. The van der Waals surface area contributed by atoms with E-state index < -0.39 is 0 Å². The van der Waals surface area contributed by atoms with E-state index in [0.29, 0.717) is 24.7 Å². The van der Waals surface area contributed by atoms with Crippen molar-refractivity contribution in [3.63, 3.8) is 0 Å². The second-order valence-corrected chi connectivity index (χ2v) is 8.84. The molecule has 2 amide bonds. The van der Waals surface area contributed by atoms with Gasteiger partial charge in [-0.3, -0.25) is 0 Å². The number of hydrogen-bond donors (Lipinski definition) is 2. The summed E-state index contributed by atoms with van der Waals surface area (Å²) >= 11 is 12.0. The third kappa shape index (κ3) is 6.22. The van der Waals surface area contributed by atoms with Crippen LogP contribution in [-0.4, -0.2) is 35.5 Å². The average Bonchev–Trinajstić information content (AvgIpc) is 2.80. The van der Waals surface area contributed by atoms with Crippen LogP contribution in [0.2, 0.25) is 10.3 Å². The van der Waals surface area contributed by atoms with Crippen LogP contribution in [0.1, 0.15) is 18.4 Å². The standard InChI is InChI=1S/C25H26Cl2N4O/c26-23-14-22(15-24(27)30-23)29-25(32)31(17-19-10-12-28-13-11-19)16-18-6-8-21(9-7-18)20-4-2-1-3-5-20/h1-9,14-15,19,28H,10-13,16-17H2,(H,29,30,32). The van der Waals surface area contributed by atoms with Crippen LogP contribution in [0.25, 0.3) is 11.1 Å². The van der Waals surface area contributed by atoms with Gasteiger partial charge in [-0.05, 0) is 60.7 Å². The number of nitrogens with one attached hydrogen (secondary N) is 2. The lowest BCUT2D eigenvalue weighted by Crippen LogP contribution is -2.41. The van der Waals surface area contributed by atoms with Crippen molar-refractivity contribution in [2.45, 2.75) is 19.4 Å². The summed E-state index contributed by atoms with van der Waals surface area (Å²) in [7, 11) is 0. The average molecular weight is 469 g/mol. The third-order valence-corrected chi connectivity index (χ3v) is 6.06. The van der Waals surface area contributed by atoms with Crippen LogP contribution in [0, 0.1) is 5.92 Å². The van der Waals surface area contributed by atoms with E-state index >= 15 is 0 Å². The second kappa shape index (κ2) is 10.8. The van der Waals surface area contributed by atoms with E-state index in [1.54, 1.807) is 12.1 Å². The van der Waals surface area contributed by atoms with Crippen molar-refractivity contribution in [3.8, 4) is 11.1 Å². The molecule has 32 heavy (non-hydrogen) atoms. The van der Waals surface area contributed by atoms with Crippen LogP contribution in [0.3, 0.4) is 0 Å². The predicted octanol–water partition coefficient (Wildman–Crippen LogP) is 6.09. The molecule has 3 aromatic rings. The Kier molecular flexibility index (Phi) is 7.63. The van der Waals surface area contributed by atoms with Crippen molar-refractivity contribution < 1.29 is 4.79 Å². The molecule has 166 valence electrons. The van der Waals surface area contributed by atoms with Crippen molar-refractivity contribution >= 4 is 34.9 Å². The summed E-state index contributed by atoms with van der Waals surface area (Å²) in [5.41, 5.74) is 3.95. The maximum absolute atomic E-state index is 13.2. The monoisotopic (exact) mass is 468 g/mol. The van der Waals surface area contributed by atoms with Crippen LogP contribution in [0.4, 0.5) is 10.5 Å². The molecule has 0 bridgehead atoms. The number of hydrogen-bond acceptors (Lipinski definition) is 3. The molecule has 1 aliphatic rings. The minimum absolute atomic E-state index is 0.172. The maximum atomic E-state index is 13.2. The minimum atomic E-state index is -0.172. The van der Waals surface area contributed by atoms with Crippen molar-refractivity contribution in [2.24, 2.45) is 5.92 Å². The van der Waals surface area contributed by atoms with Gasteiger partial charge in [0.15, 0.2) is 0 Å². The molecule has 2 heterocycles. The summed E-state index contributed by atoms with van der Waals surface area (Å²) in [5.74, 6) is 0.468. The number of amides is 2. The number of urea groups is 1. The van der Waals surface area contributed by atoms with Crippen molar-refractivity contribution in [2.75, 3.05) is 25.0 Å². The minimum Gasteiger partial charge on any atom is -0.320 e. The van der Waals surface area contributed by atoms with Crippen LogP contribution in [-0.2, 0) is 6.54 Å². The number of rotatable bonds is 6. The van der Waals surface area contributed by atoms with E-state index in [4.69, 9.17) is 23.2 Å². The second-order valence-electron chi connectivity index (χ2n) is 8.07. The van der Waals surface area contributed by atoms with Gasteiger partial charge in [0.1, 0.15) is 10.3 Å². The molecule has 0 aliphatic carbocycles. The number of halogens is 2. The molecule has 2 aromatic carbocycles. The summed E-state index contributed by atoms with van der Waals surface area (Å²) in [6.45, 7) is 3.20. The highest BCUT2D eigenvalue weighted by Crippen LogP contribution is 2.23. The Morgan fingerprint density at radius 2 is 1.59 bits per heavy atom. The first-order chi connectivity index (χ1) is 15.6. The molecular formula is C25H26Cl2N4O. The fourth-order valence-corrected chi connectivity index (χ4v) is 4.45. The van der Waals surface area contributed by atoms with Crippen LogP contribution >= 0.6 is 23.2 Å². The first-order valence-electron chi connectivity index (χ1n) is 10.8. The van der Waals surface area contributed by atoms with Gasteiger partial charge in [-0.1, -0.05) is 77.8 Å². The number of anilines is 1. The highest BCUT2D eigenvalue weighted by Gasteiger charge is 2.21.